The molecule has 1 aliphatic heterocycles. The molecular weight excluding hydrogens is 420 g/mol. The number of ether oxygens (including phenoxy) is 1. The van der Waals surface area contributed by atoms with Crippen LogP contribution in [0.2, 0.25) is 0 Å². The molecule has 2 aromatic heterocycles. The van der Waals surface area contributed by atoms with Gasteiger partial charge in [0.2, 0.25) is 0 Å². The van der Waals surface area contributed by atoms with Gasteiger partial charge in [-0.15, -0.1) is 0 Å². The molecule has 0 aliphatic carbocycles. The van der Waals surface area contributed by atoms with Crippen LogP contribution < -0.4 is 5.32 Å². The van der Waals surface area contributed by atoms with Gasteiger partial charge in [0.25, 0.3) is 5.91 Å². The van der Waals surface area contributed by atoms with E-state index in [1.54, 1.807) is 0 Å². The Balaban J connectivity index is 1.45. The van der Waals surface area contributed by atoms with Crippen LogP contribution in [-0.4, -0.2) is 52.8 Å². The van der Waals surface area contributed by atoms with Crippen LogP contribution in [0.3, 0.4) is 0 Å². The molecule has 1 amide bonds. The maximum Gasteiger partial charge on any atom is 0.272 e. The van der Waals surface area contributed by atoms with Crippen molar-refractivity contribution in [2.45, 2.75) is 20.0 Å². The summed E-state index contributed by atoms with van der Waals surface area (Å²) in [5, 5.41) is 4.15. The molecule has 3 heterocycles. The number of fused-ring (bicyclic) bond motifs is 1. The Morgan fingerprint density at radius 3 is 2.75 bits per heavy atom. The van der Waals surface area contributed by atoms with Crippen molar-refractivity contribution in [3.8, 4) is 0 Å². The fourth-order valence-corrected chi connectivity index (χ4v) is 4.13. The predicted molar refractivity (Wildman–Crippen MR) is 115 cm³/mol. The van der Waals surface area contributed by atoms with Crippen molar-refractivity contribution in [2.75, 3.05) is 38.2 Å². The second kappa shape index (κ2) is 8.51. The highest BCUT2D eigenvalue weighted by Crippen LogP contribution is 2.22. The summed E-state index contributed by atoms with van der Waals surface area (Å²) in [7, 11) is 0. The van der Waals surface area contributed by atoms with Gasteiger partial charge in [-0.05, 0) is 53.2 Å². The Morgan fingerprint density at radius 2 is 1.96 bits per heavy atom. The number of nitrogens with one attached hydrogen (secondary N) is 1. The van der Waals surface area contributed by atoms with Crippen molar-refractivity contribution >= 4 is 38.4 Å². The minimum absolute atomic E-state index is 0.0985. The number of amides is 1. The smallest absolute Gasteiger partial charge is 0.272 e. The van der Waals surface area contributed by atoms with Gasteiger partial charge >= 0.3 is 0 Å². The second-order valence-corrected chi connectivity index (χ2v) is 7.94. The highest BCUT2D eigenvalue weighted by atomic mass is 79.9. The number of aromatic nitrogens is 2. The van der Waals surface area contributed by atoms with Crippen LogP contribution in [0.4, 0.5) is 5.69 Å². The van der Waals surface area contributed by atoms with Crippen molar-refractivity contribution in [3.05, 3.63) is 52.9 Å². The lowest BCUT2D eigenvalue weighted by molar-refractivity contribution is 0.0365. The van der Waals surface area contributed by atoms with Crippen molar-refractivity contribution < 1.29 is 9.53 Å². The number of halogens is 1. The topological polar surface area (TPSA) is 51.4 Å². The van der Waals surface area contributed by atoms with Gasteiger partial charge in [0.05, 0.1) is 13.2 Å². The average molecular weight is 445 g/mol. The Bertz CT molecular complexity index is 972. The summed E-state index contributed by atoms with van der Waals surface area (Å²) in [6.07, 6.45) is 4.04. The molecule has 1 fully saturated rings. The largest absolute Gasteiger partial charge is 0.379 e. The van der Waals surface area contributed by atoms with E-state index in [2.05, 4.69) is 49.0 Å². The van der Waals surface area contributed by atoms with Crippen LogP contribution in [-0.2, 0) is 17.8 Å². The summed E-state index contributed by atoms with van der Waals surface area (Å²) in [5.41, 5.74) is 2.65. The maximum absolute atomic E-state index is 12.7. The highest BCUT2D eigenvalue weighted by molar-refractivity contribution is 9.10. The highest BCUT2D eigenvalue weighted by Gasteiger charge is 2.14. The summed E-state index contributed by atoms with van der Waals surface area (Å²) in [6.45, 7) is 8.41. The van der Waals surface area contributed by atoms with Crippen LogP contribution in [0.15, 0.2) is 47.2 Å². The summed E-state index contributed by atoms with van der Waals surface area (Å²) < 4.78 is 10.5. The molecule has 1 N–H and O–H groups in total. The van der Waals surface area contributed by atoms with Crippen LogP contribution in [0.25, 0.3) is 10.9 Å². The lowest BCUT2D eigenvalue weighted by atomic mass is 10.2. The molecule has 0 atom stereocenters. The van der Waals surface area contributed by atoms with E-state index in [9.17, 15) is 4.79 Å². The van der Waals surface area contributed by atoms with Crippen LogP contribution in [0, 0.1) is 0 Å². The summed E-state index contributed by atoms with van der Waals surface area (Å²) in [4.78, 5) is 15.1. The zero-order chi connectivity index (χ0) is 19.5. The number of carbonyl (C=O) groups excluding carboxylic acids is 1. The Kier molecular flexibility index (Phi) is 5.85. The number of hydrogen-bond donors (Lipinski definition) is 1. The third-order valence-electron chi connectivity index (χ3n) is 5.23. The Hall–Kier alpha value is -2.09. The van der Waals surface area contributed by atoms with E-state index in [0.29, 0.717) is 5.69 Å². The number of morpholine rings is 1. The van der Waals surface area contributed by atoms with Gasteiger partial charge in [0.1, 0.15) is 5.69 Å². The van der Waals surface area contributed by atoms with Crippen molar-refractivity contribution in [2.24, 2.45) is 0 Å². The summed E-state index contributed by atoms with van der Waals surface area (Å²) >= 11 is 3.44. The summed E-state index contributed by atoms with van der Waals surface area (Å²) in [6, 6.07) is 10.0. The molecule has 148 valence electrons. The van der Waals surface area contributed by atoms with Gasteiger partial charge in [0, 0.05) is 66.2 Å². The predicted octanol–water partition coefficient (Wildman–Crippen LogP) is 3.81. The quantitative estimate of drug-likeness (QED) is 0.628. The molecule has 0 spiro atoms. The molecule has 0 unspecified atom stereocenters. The number of anilines is 1. The van der Waals surface area contributed by atoms with E-state index >= 15 is 0 Å². The fraction of sp³-hybridized carbons (Fsp3) is 0.381. The van der Waals surface area contributed by atoms with Crippen LogP contribution >= 0.6 is 15.9 Å². The first-order valence-corrected chi connectivity index (χ1v) is 10.5. The molecule has 1 saturated heterocycles. The van der Waals surface area contributed by atoms with E-state index < -0.39 is 0 Å². The monoisotopic (exact) mass is 444 g/mol. The van der Waals surface area contributed by atoms with E-state index in [1.165, 1.54) is 5.52 Å². The number of hydrogen-bond acceptors (Lipinski definition) is 3. The first-order valence-electron chi connectivity index (χ1n) is 9.70. The van der Waals surface area contributed by atoms with Gasteiger partial charge in [-0.2, -0.15) is 0 Å². The number of nitrogens with zero attached hydrogens (tertiary/aromatic N) is 3. The molecule has 6 nitrogen and oxygen atoms in total. The molecule has 0 bridgehead atoms. The van der Waals surface area contributed by atoms with Crippen molar-refractivity contribution in [1.82, 2.24) is 14.0 Å². The molecule has 0 saturated carbocycles. The lowest BCUT2D eigenvalue weighted by Crippen LogP contribution is -2.38. The van der Waals surface area contributed by atoms with Gasteiger partial charge in [-0.3, -0.25) is 9.69 Å². The van der Waals surface area contributed by atoms with Crippen LogP contribution in [0.5, 0.6) is 0 Å². The van der Waals surface area contributed by atoms with Crippen LogP contribution in [0.1, 0.15) is 17.4 Å². The lowest BCUT2D eigenvalue weighted by Gasteiger charge is -2.26. The third-order valence-corrected chi connectivity index (χ3v) is 5.66. The molecule has 0 radical (unpaired) electrons. The van der Waals surface area contributed by atoms with Gasteiger partial charge in [-0.25, -0.2) is 0 Å². The second-order valence-electron chi connectivity index (χ2n) is 7.02. The number of carbonyl (C=O) groups is 1. The zero-order valence-electron chi connectivity index (χ0n) is 16.0. The molecule has 1 aromatic carbocycles. The standard InChI is InChI=1S/C21H25BrN4O2/c1-2-25-15-17(22)14-20(25)21(27)23-18-3-4-19-16(13-18)5-6-26(19)8-7-24-9-11-28-12-10-24/h3-6,13-15H,2,7-12H2,1H3,(H,23,27). The first kappa shape index (κ1) is 19.2. The maximum atomic E-state index is 12.7. The van der Waals surface area contributed by atoms with E-state index in [1.807, 2.05) is 35.9 Å². The van der Waals surface area contributed by atoms with Crippen molar-refractivity contribution in [1.29, 1.82) is 0 Å². The van der Waals surface area contributed by atoms with E-state index in [0.717, 1.165) is 61.5 Å². The van der Waals surface area contributed by atoms with Crippen molar-refractivity contribution in [3.63, 3.8) is 0 Å². The molecule has 1 aliphatic rings. The Labute approximate surface area is 173 Å². The van der Waals surface area contributed by atoms with Gasteiger partial charge < -0.3 is 19.2 Å². The number of aryl methyl sites for hydroxylation is 1. The van der Waals surface area contributed by atoms with Gasteiger partial charge in [-0.1, -0.05) is 0 Å². The first-order chi connectivity index (χ1) is 13.6. The minimum Gasteiger partial charge on any atom is -0.379 e. The molecule has 4 rings (SSSR count). The minimum atomic E-state index is -0.0985. The fourth-order valence-electron chi connectivity index (χ4n) is 3.67. The average Bonchev–Trinajstić information content (AvgIpc) is 3.29. The number of rotatable bonds is 6. The molecular formula is C21H25BrN4O2. The normalized spacial score (nSPS) is 15.2. The molecule has 3 aromatic rings. The zero-order valence-corrected chi connectivity index (χ0v) is 17.6. The Morgan fingerprint density at radius 1 is 1.14 bits per heavy atom. The molecule has 7 heteroatoms. The van der Waals surface area contributed by atoms with E-state index in [4.69, 9.17) is 4.74 Å². The summed E-state index contributed by atoms with van der Waals surface area (Å²) in [5.74, 6) is -0.0985. The SMILES string of the molecule is CCn1cc(Br)cc1C(=O)Nc1ccc2c(ccn2CCN2CCOCC2)c1. The van der Waals surface area contributed by atoms with E-state index in [-0.39, 0.29) is 5.91 Å². The third kappa shape index (κ3) is 4.16. The van der Waals surface area contributed by atoms with Gasteiger partial charge in [0.15, 0.2) is 0 Å². The number of benzene rings is 1. The molecule has 28 heavy (non-hydrogen) atoms.